The Morgan fingerprint density at radius 1 is 1.39 bits per heavy atom. The Balaban J connectivity index is 2.05. The van der Waals surface area contributed by atoms with Crippen LogP contribution in [0.15, 0.2) is 24.3 Å². The Morgan fingerprint density at radius 2 is 2.06 bits per heavy atom. The molecule has 0 amide bonds. The number of rotatable bonds is 6. The monoisotopic (exact) mass is 288 g/mol. The molecular formula is C12H17ClN2O2S. The highest BCUT2D eigenvalue weighted by atomic mass is 35.5. The van der Waals surface area contributed by atoms with Crippen LogP contribution < -0.4 is 10.5 Å². The minimum Gasteiger partial charge on any atom is -0.329 e. The summed E-state index contributed by atoms with van der Waals surface area (Å²) in [6.45, 7) is 0.340. The van der Waals surface area contributed by atoms with Gasteiger partial charge in [-0.15, -0.1) is 0 Å². The first-order valence-electron chi connectivity index (χ1n) is 5.95. The summed E-state index contributed by atoms with van der Waals surface area (Å²) in [7, 11) is -3.39. The fraction of sp³-hybridized carbons (Fsp3) is 0.500. The quantitative estimate of drug-likeness (QED) is 0.833. The summed E-state index contributed by atoms with van der Waals surface area (Å²) in [6.07, 6.45) is 2.10. The molecule has 1 saturated carbocycles. The Bertz CT molecular complexity index is 515. The first kappa shape index (κ1) is 13.8. The number of benzene rings is 1. The lowest BCUT2D eigenvalue weighted by atomic mass is 10.2. The van der Waals surface area contributed by atoms with Gasteiger partial charge in [0.25, 0.3) is 0 Å². The molecule has 0 aliphatic heterocycles. The molecule has 0 spiro atoms. The van der Waals surface area contributed by atoms with Crippen LogP contribution in [0, 0.1) is 5.92 Å². The van der Waals surface area contributed by atoms with Crippen LogP contribution in [0.2, 0.25) is 5.02 Å². The van der Waals surface area contributed by atoms with Crippen LogP contribution in [0.3, 0.4) is 0 Å². The van der Waals surface area contributed by atoms with Crippen LogP contribution in [0.4, 0.5) is 0 Å². The average Bonchev–Trinajstić information content (AvgIpc) is 3.13. The molecule has 0 aromatic heterocycles. The average molecular weight is 289 g/mol. The molecule has 1 aliphatic rings. The molecule has 1 aromatic rings. The summed E-state index contributed by atoms with van der Waals surface area (Å²) in [5.41, 5.74) is 6.20. The van der Waals surface area contributed by atoms with Gasteiger partial charge in [0, 0.05) is 17.6 Å². The zero-order valence-corrected chi connectivity index (χ0v) is 11.5. The molecular weight excluding hydrogens is 272 g/mol. The van der Waals surface area contributed by atoms with Crippen molar-refractivity contribution in [1.82, 2.24) is 4.72 Å². The number of nitrogens with one attached hydrogen (secondary N) is 1. The van der Waals surface area contributed by atoms with E-state index in [0.717, 1.165) is 12.8 Å². The number of hydrogen-bond acceptors (Lipinski definition) is 3. The standard InChI is InChI=1S/C12H17ClN2O2S/c13-11-4-2-1-3-10(11)8-18(16,17)15-12(7-14)9-5-6-9/h1-4,9,12,15H,5-8,14H2. The smallest absolute Gasteiger partial charge is 0.216 e. The lowest BCUT2D eigenvalue weighted by molar-refractivity contribution is 0.518. The van der Waals surface area contributed by atoms with Gasteiger partial charge in [-0.05, 0) is 30.4 Å². The molecule has 2 rings (SSSR count). The zero-order chi connectivity index (χ0) is 13.2. The second kappa shape index (κ2) is 5.57. The molecule has 100 valence electrons. The molecule has 1 fully saturated rings. The highest BCUT2D eigenvalue weighted by Crippen LogP contribution is 2.32. The summed E-state index contributed by atoms with van der Waals surface area (Å²) in [6, 6.07) is 6.82. The molecule has 1 aliphatic carbocycles. The maximum Gasteiger partial charge on any atom is 0.216 e. The molecule has 1 aromatic carbocycles. The van der Waals surface area contributed by atoms with Crippen molar-refractivity contribution in [1.29, 1.82) is 0 Å². The number of halogens is 1. The molecule has 1 unspecified atom stereocenters. The summed E-state index contributed by atoms with van der Waals surface area (Å²) in [5.74, 6) is 0.298. The van der Waals surface area contributed by atoms with Crippen LogP contribution in [-0.2, 0) is 15.8 Å². The van der Waals surface area contributed by atoms with Gasteiger partial charge in [-0.1, -0.05) is 29.8 Å². The third kappa shape index (κ3) is 3.68. The van der Waals surface area contributed by atoms with Gasteiger partial charge in [-0.2, -0.15) is 0 Å². The molecule has 0 heterocycles. The zero-order valence-electron chi connectivity index (χ0n) is 9.97. The Kier molecular flexibility index (Phi) is 4.27. The van der Waals surface area contributed by atoms with Crippen LogP contribution in [0.25, 0.3) is 0 Å². The van der Waals surface area contributed by atoms with Crippen molar-refractivity contribution in [2.24, 2.45) is 11.7 Å². The van der Waals surface area contributed by atoms with E-state index in [9.17, 15) is 8.42 Å². The van der Waals surface area contributed by atoms with Gasteiger partial charge in [-0.3, -0.25) is 0 Å². The van der Waals surface area contributed by atoms with E-state index in [1.54, 1.807) is 24.3 Å². The van der Waals surface area contributed by atoms with E-state index >= 15 is 0 Å². The fourth-order valence-electron chi connectivity index (χ4n) is 1.93. The lowest BCUT2D eigenvalue weighted by Crippen LogP contribution is -2.42. The first-order valence-corrected chi connectivity index (χ1v) is 7.98. The van der Waals surface area contributed by atoms with E-state index < -0.39 is 10.0 Å². The second-order valence-electron chi connectivity index (χ2n) is 4.65. The van der Waals surface area contributed by atoms with E-state index in [0.29, 0.717) is 23.0 Å². The molecule has 4 nitrogen and oxygen atoms in total. The minimum absolute atomic E-state index is 0.101. The molecule has 1 atom stereocenters. The van der Waals surface area contributed by atoms with Gasteiger partial charge in [0.2, 0.25) is 10.0 Å². The van der Waals surface area contributed by atoms with Crippen LogP contribution in [0.1, 0.15) is 18.4 Å². The van der Waals surface area contributed by atoms with Gasteiger partial charge in [0.1, 0.15) is 0 Å². The van der Waals surface area contributed by atoms with Crippen molar-refractivity contribution >= 4 is 21.6 Å². The first-order chi connectivity index (χ1) is 8.52. The summed E-state index contributed by atoms with van der Waals surface area (Å²) in [5, 5.41) is 0.471. The largest absolute Gasteiger partial charge is 0.329 e. The highest BCUT2D eigenvalue weighted by molar-refractivity contribution is 7.88. The molecule has 3 N–H and O–H groups in total. The highest BCUT2D eigenvalue weighted by Gasteiger charge is 2.33. The Labute approximate surface area is 113 Å². The molecule has 6 heteroatoms. The third-order valence-corrected chi connectivity index (χ3v) is 4.80. The van der Waals surface area contributed by atoms with Crippen LogP contribution in [-0.4, -0.2) is 21.0 Å². The van der Waals surface area contributed by atoms with E-state index in [4.69, 9.17) is 17.3 Å². The van der Waals surface area contributed by atoms with Gasteiger partial charge in [-0.25, -0.2) is 13.1 Å². The number of hydrogen-bond donors (Lipinski definition) is 2. The second-order valence-corrected chi connectivity index (χ2v) is 6.81. The Morgan fingerprint density at radius 3 is 2.61 bits per heavy atom. The summed E-state index contributed by atoms with van der Waals surface area (Å²) in [4.78, 5) is 0. The minimum atomic E-state index is -3.39. The van der Waals surface area contributed by atoms with E-state index in [-0.39, 0.29) is 11.8 Å². The van der Waals surface area contributed by atoms with Crippen molar-refractivity contribution in [3.63, 3.8) is 0 Å². The van der Waals surface area contributed by atoms with Gasteiger partial charge in [0.05, 0.1) is 5.75 Å². The lowest BCUT2D eigenvalue weighted by Gasteiger charge is -2.16. The maximum atomic E-state index is 12.0. The number of nitrogens with two attached hydrogens (primary N) is 1. The van der Waals surface area contributed by atoms with Gasteiger partial charge < -0.3 is 5.73 Å². The van der Waals surface area contributed by atoms with Crippen LogP contribution in [0.5, 0.6) is 0 Å². The van der Waals surface area contributed by atoms with Crippen molar-refractivity contribution in [3.8, 4) is 0 Å². The normalized spacial score (nSPS) is 17.7. The molecule has 0 bridgehead atoms. The number of sulfonamides is 1. The van der Waals surface area contributed by atoms with E-state index in [1.165, 1.54) is 0 Å². The fourth-order valence-corrected chi connectivity index (χ4v) is 3.70. The maximum absolute atomic E-state index is 12.0. The summed E-state index contributed by atoms with van der Waals surface area (Å²) >= 11 is 5.96. The predicted molar refractivity (Wildman–Crippen MR) is 72.8 cm³/mol. The van der Waals surface area contributed by atoms with Crippen molar-refractivity contribution in [3.05, 3.63) is 34.9 Å². The van der Waals surface area contributed by atoms with Crippen molar-refractivity contribution in [2.75, 3.05) is 6.54 Å². The van der Waals surface area contributed by atoms with Gasteiger partial charge >= 0.3 is 0 Å². The third-order valence-electron chi connectivity index (χ3n) is 3.08. The van der Waals surface area contributed by atoms with Gasteiger partial charge in [0.15, 0.2) is 0 Å². The van der Waals surface area contributed by atoms with E-state index in [1.807, 2.05) is 0 Å². The SMILES string of the molecule is NCC(NS(=O)(=O)Cc1ccccc1Cl)C1CC1. The predicted octanol–water partition coefficient (Wildman–Crippen LogP) is 1.50. The Hall–Kier alpha value is -0.620. The van der Waals surface area contributed by atoms with Crippen molar-refractivity contribution in [2.45, 2.75) is 24.6 Å². The molecule has 0 radical (unpaired) electrons. The van der Waals surface area contributed by atoms with Crippen LogP contribution >= 0.6 is 11.6 Å². The van der Waals surface area contributed by atoms with E-state index in [2.05, 4.69) is 4.72 Å². The molecule has 0 saturated heterocycles. The summed E-state index contributed by atoms with van der Waals surface area (Å²) < 4.78 is 26.7. The van der Waals surface area contributed by atoms with Crippen molar-refractivity contribution < 1.29 is 8.42 Å². The molecule has 18 heavy (non-hydrogen) atoms. The topological polar surface area (TPSA) is 72.2 Å².